The average molecular weight is 360 g/mol. The Kier molecular flexibility index (Phi) is 5.98. The highest BCUT2D eigenvalue weighted by Gasteiger charge is 2.16. The van der Waals surface area contributed by atoms with Crippen molar-refractivity contribution in [3.8, 4) is 0 Å². The first-order valence-electron chi connectivity index (χ1n) is 8.05. The molecule has 6 heteroatoms. The van der Waals surface area contributed by atoms with E-state index in [1.165, 1.54) is 6.07 Å². The number of sulfone groups is 1. The lowest BCUT2D eigenvalue weighted by Gasteiger charge is -2.13. The van der Waals surface area contributed by atoms with Crippen LogP contribution >= 0.6 is 0 Å². The molecule has 2 aromatic carbocycles. The smallest absolute Gasteiger partial charge is 0.251 e. The molecule has 0 unspecified atom stereocenters. The molecule has 0 aliphatic heterocycles. The molecule has 5 nitrogen and oxygen atoms in total. The fourth-order valence-electron chi connectivity index (χ4n) is 2.64. The van der Waals surface area contributed by atoms with Crippen LogP contribution in [-0.2, 0) is 22.9 Å². The van der Waals surface area contributed by atoms with Crippen LogP contribution in [0.2, 0.25) is 0 Å². The number of rotatable bonds is 6. The van der Waals surface area contributed by atoms with Crippen LogP contribution in [0.15, 0.2) is 41.3 Å². The maximum absolute atomic E-state index is 12.6. The van der Waals surface area contributed by atoms with Gasteiger partial charge in [-0.15, -0.1) is 0 Å². The summed E-state index contributed by atoms with van der Waals surface area (Å²) in [5.41, 5.74) is 4.10. The van der Waals surface area contributed by atoms with Crippen LogP contribution in [-0.4, -0.2) is 27.6 Å². The Morgan fingerprint density at radius 3 is 2.20 bits per heavy atom. The van der Waals surface area contributed by atoms with E-state index < -0.39 is 9.84 Å². The molecule has 1 amide bonds. The van der Waals surface area contributed by atoms with Crippen LogP contribution in [0.3, 0.4) is 0 Å². The van der Waals surface area contributed by atoms with Crippen LogP contribution < -0.4 is 10.6 Å². The van der Waals surface area contributed by atoms with Gasteiger partial charge < -0.3 is 10.6 Å². The van der Waals surface area contributed by atoms with Gasteiger partial charge in [-0.3, -0.25) is 4.79 Å². The second-order valence-corrected chi connectivity index (χ2v) is 8.18. The lowest BCUT2D eigenvalue weighted by Crippen LogP contribution is -2.25. The summed E-state index contributed by atoms with van der Waals surface area (Å²) in [6.45, 7) is 4.74. The molecular formula is C19H24N2O3S. The van der Waals surface area contributed by atoms with Gasteiger partial charge in [0.25, 0.3) is 5.91 Å². The van der Waals surface area contributed by atoms with Gasteiger partial charge in [0.05, 0.1) is 4.90 Å². The van der Waals surface area contributed by atoms with Crippen LogP contribution in [0.4, 0.5) is 0 Å². The molecule has 0 aliphatic rings. The molecule has 0 fully saturated rings. The Hall–Kier alpha value is -2.18. The minimum absolute atomic E-state index is 0.163. The van der Waals surface area contributed by atoms with E-state index in [0.717, 1.165) is 28.5 Å². The molecule has 0 atom stereocenters. The first-order valence-corrected chi connectivity index (χ1v) is 9.94. The second kappa shape index (κ2) is 7.80. The lowest BCUT2D eigenvalue weighted by molar-refractivity contribution is 0.0950. The largest absolute Gasteiger partial charge is 0.348 e. The van der Waals surface area contributed by atoms with Crippen LogP contribution in [0.1, 0.15) is 32.6 Å². The third kappa shape index (κ3) is 4.67. The number of nitrogens with one attached hydrogen (secondary N) is 2. The SMILES string of the molecule is CNCc1ccccc1CNC(=O)c1cc(S(C)(=O)=O)cc(C)c1C. The lowest BCUT2D eigenvalue weighted by atomic mass is 10.0. The summed E-state index contributed by atoms with van der Waals surface area (Å²) in [6.07, 6.45) is 1.15. The predicted molar refractivity (Wildman–Crippen MR) is 99.4 cm³/mol. The Morgan fingerprint density at radius 1 is 1.04 bits per heavy atom. The zero-order chi connectivity index (χ0) is 18.6. The first-order chi connectivity index (χ1) is 11.7. The van der Waals surface area contributed by atoms with Gasteiger partial charge in [0.15, 0.2) is 9.84 Å². The van der Waals surface area contributed by atoms with Crippen molar-refractivity contribution in [3.63, 3.8) is 0 Å². The van der Waals surface area contributed by atoms with E-state index in [-0.39, 0.29) is 10.8 Å². The molecule has 2 rings (SSSR count). The Balaban J connectivity index is 2.26. The zero-order valence-electron chi connectivity index (χ0n) is 15.0. The fourth-order valence-corrected chi connectivity index (χ4v) is 3.36. The van der Waals surface area contributed by atoms with E-state index in [0.29, 0.717) is 18.7 Å². The number of carbonyl (C=O) groups is 1. The third-order valence-corrected chi connectivity index (χ3v) is 5.33. The van der Waals surface area contributed by atoms with Crippen LogP contribution in [0.25, 0.3) is 0 Å². The number of amides is 1. The van der Waals surface area contributed by atoms with Gasteiger partial charge in [-0.05, 0) is 55.3 Å². The van der Waals surface area contributed by atoms with Crippen LogP contribution in [0.5, 0.6) is 0 Å². The molecule has 25 heavy (non-hydrogen) atoms. The highest BCUT2D eigenvalue weighted by atomic mass is 32.2. The molecule has 2 N–H and O–H groups in total. The van der Waals surface area contributed by atoms with E-state index in [1.54, 1.807) is 6.07 Å². The van der Waals surface area contributed by atoms with E-state index in [2.05, 4.69) is 10.6 Å². The molecule has 0 saturated carbocycles. The normalized spacial score (nSPS) is 11.4. The van der Waals surface area contributed by atoms with Crippen molar-refractivity contribution in [3.05, 3.63) is 64.2 Å². The number of hydrogen-bond donors (Lipinski definition) is 2. The molecular weight excluding hydrogens is 336 g/mol. The standard InChI is InChI=1S/C19H24N2O3S/c1-13-9-17(25(4,23)24)10-18(14(13)2)19(22)21-12-16-8-6-5-7-15(16)11-20-3/h5-10,20H,11-12H2,1-4H3,(H,21,22). The zero-order valence-corrected chi connectivity index (χ0v) is 15.8. The summed E-state index contributed by atoms with van der Waals surface area (Å²) in [5, 5.41) is 6.00. The maximum Gasteiger partial charge on any atom is 0.251 e. The molecule has 0 bridgehead atoms. The summed E-state index contributed by atoms with van der Waals surface area (Å²) in [5.74, 6) is -0.273. The van der Waals surface area contributed by atoms with E-state index >= 15 is 0 Å². The molecule has 0 spiro atoms. The molecule has 134 valence electrons. The number of hydrogen-bond acceptors (Lipinski definition) is 4. The van der Waals surface area contributed by atoms with Gasteiger partial charge in [-0.2, -0.15) is 0 Å². The Bertz CT molecular complexity index is 890. The molecule has 0 aromatic heterocycles. The van der Waals surface area contributed by atoms with Gasteiger partial charge in [0.1, 0.15) is 0 Å². The van der Waals surface area contributed by atoms with Crippen molar-refractivity contribution >= 4 is 15.7 Å². The van der Waals surface area contributed by atoms with Crippen LogP contribution in [0, 0.1) is 13.8 Å². The second-order valence-electron chi connectivity index (χ2n) is 6.17. The van der Waals surface area contributed by atoms with Gasteiger partial charge in [-0.1, -0.05) is 24.3 Å². The summed E-state index contributed by atoms with van der Waals surface area (Å²) < 4.78 is 23.7. The van der Waals surface area contributed by atoms with Crippen molar-refractivity contribution < 1.29 is 13.2 Å². The summed E-state index contributed by atoms with van der Waals surface area (Å²) in [6, 6.07) is 10.9. The molecule has 0 heterocycles. The fraction of sp³-hybridized carbons (Fsp3) is 0.316. The molecule has 0 aliphatic carbocycles. The predicted octanol–water partition coefficient (Wildman–Crippen LogP) is 2.36. The van der Waals surface area contributed by atoms with Crippen molar-refractivity contribution in [2.45, 2.75) is 31.8 Å². The number of benzene rings is 2. The summed E-state index contributed by atoms with van der Waals surface area (Å²) in [7, 11) is -1.49. The minimum atomic E-state index is -3.37. The van der Waals surface area contributed by atoms with E-state index in [1.807, 2.05) is 45.2 Å². The number of aryl methyl sites for hydroxylation is 1. The van der Waals surface area contributed by atoms with Crippen molar-refractivity contribution in [2.24, 2.45) is 0 Å². The van der Waals surface area contributed by atoms with E-state index in [4.69, 9.17) is 0 Å². The van der Waals surface area contributed by atoms with Gasteiger partial charge in [0.2, 0.25) is 0 Å². The summed E-state index contributed by atoms with van der Waals surface area (Å²) >= 11 is 0. The molecule has 0 radical (unpaired) electrons. The third-order valence-electron chi connectivity index (χ3n) is 4.24. The topological polar surface area (TPSA) is 75.3 Å². The van der Waals surface area contributed by atoms with Gasteiger partial charge >= 0.3 is 0 Å². The minimum Gasteiger partial charge on any atom is -0.348 e. The average Bonchev–Trinajstić information content (AvgIpc) is 2.55. The van der Waals surface area contributed by atoms with Gasteiger partial charge in [-0.25, -0.2) is 8.42 Å². The number of carbonyl (C=O) groups excluding carboxylic acids is 1. The maximum atomic E-state index is 12.6. The van der Waals surface area contributed by atoms with Gasteiger partial charge in [0, 0.05) is 24.9 Å². The van der Waals surface area contributed by atoms with E-state index in [9.17, 15) is 13.2 Å². The summed E-state index contributed by atoms with van der Waals surface area (Å²) in [4.78, 5) is 12.8. The quantitative estimate of drug-likeness (QED) is 0.829. The highest BCUT2D eigenvalue weighted by molar-refractivity contribution is 7.90. The molecule has 2 aromatic rings. The van der Waals surface area contributed by atoms with Crippen molar-refractivity contribution in [1.29, 1.82) is 0 Å². The highest BCUT2D eigenvalue weighted by Crippen LogP contribution is 2.20. The molecule has 0 saturated heterocycles. The Morgan fingerprint density at radius 2 is 1.64 bits per heavy atom. The first kappa shape index (κ1) is 19.1. The Labute approximate surface area is 149 Å². The van der Waals surface area contributed by atoms with Crippen molar-refractivity contribution in [1.82, 2.24) is 10.6 Å². The van der Waals surface area contributed by atoms with Crippen molar-refractivity contribution in [2.75, 3.05) is 13.3 Å². The monoisotopic (exact) mass is 360 g/mol.